The Hall–Kier alpha value is -2.34. The highest BCUT2D eigenvalue weighted by Gasteiger charge is 2.39. The number of rotatable bonds is 10. The van der Waals surface area contributed by atoms with Crippen molar-refractivity contribution >= 4 is 42.3 Å². The first-order chi connectivity index (χ1) is 13.5. The Morgan fingerprint density at radius 3 is 2.28 bits per heavy atom. The predicted molar refractivity (Wildman–Crippen MR) is 105 cm³/mol. The second kappa shape index (κ2) is 11.0. The lowest BCUT2D eigenvalue weighted by molar-refractivity contribution is -0.145. The number of carboxylic acid groups (broad SMARTS) is 2. The number of amides is 3. The molecule has 3 amide bonds. The second-order valence-corrected chi connectivity index (χ2v) is 7.57. The summed E-state index contributed by atoms with van der Waals surface area (Å²) in [6, 6.07) is -4.37. The van der Waals surface area contributed by atoms with Crippen LogP contribution in [-0.4, -0.2) is 81.2 Å². The lowest BCUT2D eigenvalue weighted by Gasteiger charge is -2.31. The van der Waals surface area contributed by atoms with E-state index in [1.165, 1.54) is 4.90 Å². The van der Waals surface area contributed by atoms with E-state index in [0.717, 1.165) is 0 Å². The zero-order valence-corrected chi connectivity index (χ0v) is 17.2. The van der Waals surface area contributed by atoms with Crippen molar-refractivity contribution < 1.29 is 34.2 Å². The fourth-order valence-electron chi connectivity index (χ4n) is 2.99. The molecule has 29 heavy (non-hydrogen) atoms. The van der Waals surface area contributed by atoms with Gasteiger partial charge in [0.25, 0.3) is 0 Å². The minimum atomic E-state index is -1.31. The highest BCUT2D eigenvalue weighted by molar-refractivity contribution is 7.80. The van der Waals surface area contributed by atoms with Crippen LogP contribution in [0.1, 0.15) is 33.1 Å². The predicted octanol–water partition coefficient (Wildman–Crippen LogP) is -1.58. The van der Waals surface area contributed by atoms with E-state index in [0.29, 0.717) is 12.8 Å². The maximum atomic E-state index is 13.0. The number of nitrogens with zero attached hydrogens (tertiary/aromatic N) is 1. The monoisotopic (exact) mass is 432 g/mol. The Kier molecular flexibility index (Phi) is 9.37. The highest BCUT2D eigenvalue weighted by Crippen LogP contribution is 2.20. The molecule has 0 aromatic rings. The first-order valence-corrected chi connectivity index (χ1v) is 9.85. The van der Waals surface area contributed by atoms with E-state index in [9.17, 15) is 24.0 Å². The van der Waals surface area contributed by atoms with Crippen molar-refractivity contribution in [3.63, 3.8) is 0 Å². The fourth-order valence-corrected chi connectivity index (χ4v) is 3.24. The topological polar surface area (TPSA) is 179 Å². The van der Waals surface area contributed by atoms with Gasteiger partial charge in [-0.25, -0.2) is 4.79 Å². The van der Waals surface area contributed by atoms with Crippen LogP contribution in [0.5, 0.6) is 0 Å². The summed E-state index contributed by atoms with van der Waals surface area (Å²) < 4.78 is 0. The zero-order chi connectivity index (χ0) is 22.3. The van der Waals surface area contributed by atoms with E-state index in [1.54, 1.807) is 13.8 Å². The van der Waals surface area contributed by atoms with Crippen molar-refractivity contribution in [1.29, 1.82) is 0 Å². The first kappa shape index (κ1) is 24.7. The van der Waals surface area contributed by atoms with Gasteiger partial charge in [0, 0.05) is 12.3 Å². The number of hydrogen-bond acceptors (Lipinski definition) is 7. The number of aliphatic carboxylic acids is 2. The summed E-state index contributed by atoms with van der Waals surface area (Å²) in [4.78, 5) is 60.8. The molecule has 0 bridgehead atoms. The van der Waals surface area contributed by atoms with E-state index in [1.807, 2.05) is 0 Å². The van der Waals surface area contributed by atoms with Crippen LogP contribution in [0.2, 0.25) is 0 Å². The molecule has 1 heterocycles. The Morgan fingerprint density at radius 1 is 1.17 bits per heavy atom. The largest absolute Gasteiger partial charge is 0.481 e. The summed E-state index contributed by atoms with van der Waals surface area (Å²) in [5, 5.41) is 22.7. The molecule has 0 radical (unpaired) electrons. The summed E-state index contributed by atoms with van der Waals surface area (Å²) in [5.41, 5.74) is 5.55. The van der Waals surface area contributed by atoms with Crippen LogP contribution in [0.15, 0.2) is 0 Å². The molecule has 1 saturated heterocycles. The molecule has 164 valence electrons. The third kappa shape index (κ3) is 6.89. The van der Waals surface area contributed by atoms with Crippen molar-refractivity contribution in [2.45, 2.75) is 57.3 Å². The lowest BCUT2D eigenvalue weighted by atomic mass is 10.0. The van der Waals surface area contributed by atoms with E-state index < -0.39 is 60.2 Å². The summed E-state index contributed by atoms with van der Waals surface area (Å²) in [5.74, 6) is -4.82. The molecular formula is C17H28N4O7S. The fraction of sp³-hybridized carbons (Fsp3) is 0.706. The van der Waals surface area contributed by atoms with Gasteiger partial charge in [-0.05, 0) is 18.8 Å². The molecule has 1 aliphatic rings. The van der Waals surface area contributed by atoms with Gasteiger partial charge >= 0.3 is 11.9 Å². The molecule has 4 unspecified atom stereocenters. The quantitative estimate of drug-likeness (QED) is 0.224. The van der Waals surface area contributed by atoms with Gasteiger partial charge in [-0.2, -0.15) is 12.6 Å². The Balaban J connectivity index is 2.90. The molecule has 0 saturated carbocycles. The summed E-state index contributed by atoms with van der Waals surface area (Å²) in [6.45, 7) is 3.66. The zero-order valence-electron chi connectivity index (χ0n) is 16.3. The molecule has 1 fully saturated rings. The van der Waals surface area contributed by atoms with E-state index >= 15 is 0 Å². The second-order valence-electron chi connectivity index (χ2n) is 7.21. The minimum Gasteiger partial charge on any atom is -0.481 e. The standard InChI is InChI=1S/C17H28N4O7S/c1-8(2)13(20-14(24)9(18)6-12(22)23)16(26)21-5-3-4-11(21)15(25)19-10(7-29)17(27)28/h8-11,13,29H,3-7,18H2,1-2H3,(H,19,25)(H,20,24)(H,22,23)(H,27,28). The highest BCUT2D eigenvalue weighted by atomic mass is 32.1. The van der Waals surface area contributed by atoms with E-state index in [2.05, 4.69) is 23.3 Å². The molecule has 1 aliphatic heterocycles. The number of carboxylic acids is 2. The van der Waals surface area contributed by atoms with Gasteiger partial charge in [0.1, 0.15) is 18.1 Å². The van der Waals surface area contributed by atoms with Crippen LogP contribution in [0.3, 0.4) is 0 Å². The van der Waals surface area contributed by atoms with Gasteiger partial charge in [0.2, 0.25) is 17.7 Å². The SMILES string of the molecule is CC(C)C(NC(=O)C(N)CC(=O)O)C(=O)N1CCCC1C(=O)NC(CS)C(=O)O. The number of hydrogen-bond donors (Lipinski definition) is 6. The third-order valence-corrected chi connectivity index (χ3v) is 4.96. The number of carbonyl (C=O) groups is 5. The molecule has 1 rings (SSSR count). The average Bonchev–Trinajstić information content (AvgIpc) is 3.11. The lowest BCUT2D eigenvalue weighted by Crippen LogP contribution is -2.58. The number of nitrogens with two attached hydrogens (primary N) is 1. The van der Waals surface area contributed by atoms with Crippen LogP contribution >= 0.6 is 12.6 Å². The molecule has 12 heteroatoms. The van der Waals surface area contributed by atoms with Gasteiger partial charge in [-0.3, -0.25) is 19.2 Å². The van der Waals surface area contributed by atoms with Gasteiger partial charge in [-0.1, -0.05) is 13.8 Å². The summed E-state index contributed by atoms with van der Waals surface area (Å²) >= 11 is 3.90. The van der Waals surface area contributed by atoms with Crippen molar-refractivity contribution in [2.24, 2.45) is 11.7 Å². The summed E-state index contributed by atoms with van der Waals surface area (Å²) in [7, 11) is 0. The number of carbonyl (C=O) groups excluding carboxylic acids is 3. The van der Waals surface area contributed by atoms with Crippen LogP contribution in [-0.2, 0) is 24.0 Å². The van der Waals surface area contributed by atoms with Gasteiger partial charge in [0.05, 0.1) is 12.5 Å². The average molecular weight is 432 g/mol. The smallest absolute Gasteiger partial charge is 0.327 e. The first-order valence-electron chi connectivity index (χ1n) is 9.21. The van der Waals surface area contributed by atoms with Crippen molar-refractivity contribution in [3.8, 4) is 0 Å². The molecule has 6 N–H and O–H groups in total. The summed E-state index contributed by atoms with van der Waals surface area (Å²) in [6.07, 6.45) is 0.313. The van der Waals surface area contributed by atoms with E-state index in [4.69, 9.17) is 15.9 Å². The molecule has 11 nitrogen and oxygen atoms in total. The van der Waals surface area contributed by atoms with Crippen LogP contribution < -0.4 is 16.4 Å². The van der Waals surface area contributed by atoms with E-state index in [-0.39, 0.29) is 18.2 Å². The molecule has 4 atom stereocenters. The van der Waals surface area contributed by atoms with Crippen LogP contribution in [0, 0.1) is 5.92 Å². The Labute approximate surface area is 173 Å². The van der Waals surface area contributed by atoms with Crippen molar-refractivity contribution in [1.82, 2.24) is 15.5 Å². The van der Waals surface area contributed by atoms with Gasteiger partial charge in [-0.15, -0.1) is 0 Å². The number of nitrogens with one attached hydrogen (secondary N) is 2. The van der Waals surface area contributed by atoms with Crippen LogP contribution in [0.4, 0.5) is 0 Å². The van der Waals surface area contributed by atoms with Gasteiger partial charge in [0.15, 0.2) is 0 Å². The van der Waals surface area contributed by atoms with Crippen LogP contribution in [0.25, 0.3) is 0 Å². The maximum absolute atomic E-state index is 13.0. The normalized spacial score (nSPS) is 19.3. The molecular weight excluding hydrogens is 404 g/mol. The minimum absolute atomic E-state index is 0.103. The number of thiol groups is 1. The third-order valence-electron chi connectivity index (χ3n) is 4.60. The molecule has 0 aliphatic carbocycles. The van der Waals surface area contributed by atoms with Crippen molar-refractivity contribution in [3.05, 3.63) is 0 Å². The molecule has 0 spiro atoms. The van der Waals surface area contributed by atoms with Crippen molar-refractivity contribution in [2.75, 3.05) is 12.3 Å². The maximum Gasteiger partial charge on any atom is 0.327 e. The molecule has 0 aromatic carbocycles. The molecule has 0 aromatic heterocycles. The Bertz CT molecular complexity index is 658. The van der Waals surface area contributed by atoms with Gasteiger partial charge < -0.3 is 31.5 Å². The number of likely N-dealkylation sites (tertiary alicyclic amines) is 1. The Morgan fingerprint density at radius 2 is 1.79 bits per heavy atom.